The van der Waals surface area contributed by atoms with Crippen LogP contribution in [0.4, 0.5) is 5.82 Å². The quantitative estimate of drug-likeness (QED) is 0.782. The fourth-order valence-electron chi connectivity index (χ4n) is 2.89. The van der Waals surface area contributed by atoms with E-state index in [4.69, 9.17) is 16.3 Å². The van der Waals surface area contributed by atoms with Gasteiger partial charge < -0.3 is 9.64 Å². The normalized spacial score (nSPS) is 27.1. The van der Waals surface area contributed by atoms with Gasteiger partial charge in [0, 0.05) is 24.9 Å². The molecule has 2 unspecified atom stereocenters. The molecule has 0 aromatic carbocycles. The maximum atomic E-state index is 5.96. The zero-order valence-corrected chi connectivity index (χ0v) is 10.4. The summed E-state index contributed by atoms with van der Waals surface area (Å²) in [6, 6.07) is 0. The first kappa shape index (κ1) is 10.5. The van der Waals surface area contributed by atoms with Gasteiger partial charge in [0.05, 0.1) is 24.8 Å². The molecule has 2 saturated heterocycles. The number of hydrogen-bond acceptors (Lipinski definition) is 5. The lowest BCUT2D eigenvalue weighted by Crippen LogP contribution is -2.23. The first-order valence-electron chi connectivity index (χ1n) is 6.00. The predicted octanol–water partition coefficient (Wildman–Crippen LogP) is 1.09. The Balaban J connectivity index is 1.76. The van der Waals surface area contributed by atoms with E-state index in [9.17, 15) is 0 Å². The molecule has 2 aromatic rings. The number of halogens is 1. The summed E-state index contributed by atoms with van der Waals surface area (Å²) in [5.41, 5.74) is 0.693. The van der Waals surface area contributed by atoms with Gasteiger partial charge in [0.15, 0.2) is 5.65 Å². The zero-order chi connectivity index (χ0) is 12.1. The number of anilines is 1. The van der Waals surface area contributed by atoms with E-state index >= 15 is 0 Å². The summed E-state index contributed by atoms with van der Waals surface area (Å²) in [6.45, 7) is 3.65. The van der Waals surface area contributed by atoms with Gasteiger partial charge in [-0.2, -0.15) is 15.1 Å². The largest absolute Gasteiger partial charge is 0.381 e. The predicted molar refractivity (Wildman–Crippen MR) is 66.7 cm³/mol. The summed E-state index contributed by atoms with van der Waals surface area (Å²) in [5, 5.41) is 8.04. The molecule has 4 heterocycles. The van der Waals surface area contributed by atoms with Crippen molar-refractivity contribution in [1.82, 2.24) is 20.2 Å². The molecule has 18 heavy (non-hydrogen) atoms. The molecule has 0 amide bonds. The smallest absolute Gasteiger partial charge is 0.226 e. The molecule has 0 bridgehead atoms. The van der Waals surface area contributed by atoms with Crippen LogP contribution in [0, 0.1) is 11.8 Å². The molecule has 0 radical (unpaired) electrons. The van der Waals surface area contributed by atoms with E-state index < -0.39 is 0 Å². The van der Waals surface area contributed by atoms with Gasteiger partial charge in [-0.15, -0.1) is 0 Å². The number of ether oxygens (including phenoxy) is 1. The second-order valence-electron chi connectivity index (χ2n) is 4.91. The van der Waals surface area contributed by atoms with Crippen LogP contribution in [0.25, 0.3) is 11.0 Å². The van der Waals surface area contributed by atoms with Crippen molar-refractivity contribution in [3.8, 4) is 0 Å². The van der Waals surface area contributed by atoms with Crippen LogP contribution in [0.1, 0.15) is 0 Å². The summed E-state index contributed by atoms with van der Waals surface area (Å²) in [6.07, 6.45) is 1.76. The lowest BCUT2D eigenvalue weighted by atomic mass is 10.0. The van der Waals surface area contributed by atoms with Crippen LogP contribution in [0.3, 0.4) is 0 Å². The standard InChI is InChI=1S/C11H12ClN5O/c12-11-14-9-8(1-13-16-9)10(15-11)17-2-6-4-18-5-7(6)3-17/h1,6-7H,2-5H2,(H,13,14,15,16). The SMILES string of the molecule is Clc1nc(N2CC3COCC3C2)c2cn[nH]c2n1. The highest BCUT2D eigenvalue weighted by Crippen LogP contribution is 2.34. The summed E-state index contributed by atoms with van der Waals surface area (Å²) in [5.74, 6) is 2.11. The van der Waals surface area contributed by atoms with Crippen LogP contribution < -0.4 is 4.90 Å². The van der Waals surface area contributed by atoms with Crippen LogP contribution in [-0.4, -0.2) is 46.5 Å². The number of nitrogens with zero attached hydrogens (tertiary/aromatic N) is 4. The van der Waals surface area contributed by atoms with Crippen molar-refractivity contribution >= 4 is 28.5 Å². The fraction of sp³-hybridized carbons (Fsp3) is 0.545. The van der Waals surface area contributed by atoms with Crippen LogP contribution >= 0.6 is 11.6 Å². The second kappa shape index (κ2) is 3.80. The van der Waals surface area contributed by atoms with Crippen molar-refractivity contribution in [2.24, 2.45) is 11.8 Å². The molecule has 6 nitrogen and oxygen atoms in total. The zero-order valence-electron chi connectivity index (χ0n) is 9.64. The summed E-state index contributed by atoms with van der Waals surface area (Å²) < 4.78 is 5.49. The van der Waals surface area contributed by atoms with E-state index in [1.807, 2.05) is 0 Å². The molecule has 2 atom stereocenters. The number of fused-ring (bicyclic) bond motifs is 2. The lowest BCUT2D eigenvalue weighted by Gasteiger charge is -2.18. The van der Waals surface area contributed by atoms with E-state index in [1.165, 1.54) is 0 Å². The third kappa shape index (κ3) is 1.49. The highest BCUT2D eigenvalue weighted by Gasteiger charge is 2.38. The minimum Gasteiger partial charge on any atom is -0.381 e. The maximum Gasteiger partial charge on any atom is 0.226 e. The fourth-order valence-corrected chi connectivity index (χ4v) is 3.06. The minimum absolute atomic E-state index is 0.259. The molecular formula is C11H12ClN5O. The topological polar surface area (TPSA) is 66.9 Å². The molecule has 94 valence electrons. The number of aromatic nitrogens is 4. The van der Waals surface area contributed by atoms with Crippen molar-refractivity contribution in [1.29, 1.82) is 0 Å². The first-order chi connectivity index (χ1) is 8.81. The van der Waals surface area contributed by atoms with Gasteiger partial charge in [0.25, 0.3) is 0 Å². The number of nitrogens with one attached hydrogen (secondary N) is 1. The Labute approximate surface area is 108 Å². The van der Waals surface area contributed by atoms with E-state index in [0.717, 1.165) is 37.5 Å². The van der Waals surface area contributed by atoms with E-state index in [2.05, 4.69) is 25.1 Å². The Morgan fingerprint density at radius 1 is 1.28 bits per heavy atom. The monoisotopic (exact) mass is 265 g/mol. The average Bonchev–Trinajstić information content (AvgIpc) is 3.01. The number of aromatic amines is 1. The molecule has 0 spiro atoms. The summed E-state index contributed by atoms with van der Waals surface area (Å²) in [4.78, 5) is 10.8. The third-order valence-electron chi connectivity index (χ3n) is 3.80. The van der Waals surface area contributed by atoms with Gasteiger partial charge in [-0.3, -0.25) is 5.10 Å². The Bertz CT molecular complexity index is 588. The third-order valence-corrected chi connectivity index (χ3v) is 3.97. The molecule has 4 rings (SSSR count). The minimum atomic E-state index is 0.259. The van der Waals surface area contributed by atoms with Crippen molar-refractivity contribution < 1.29 is 4.74 Å². The van der Waals surface area contributed by atoms with Gasteiger partial charge in [-0.25, -0.2) is 0 Å². The molecule has 2 fully saturated rings. The lowest BCUT2D eigenvalue weighted by molar-refractivity contribution is 0.177. The van der Waals surface area contributed by atoms with E-state index in [1.54, 1.807) is 6.20 Å². The van der Waals surface area contributed by atoms with Gasteiger partial charge >= 0.3 is 0 Å². The Kier molecular flexibility index (Phi) is 2.22. The maximum absolute atomic E-state index is 5.96. The van der Waals surface area contributed by atoms with Gasteiger partial charge in [-0.05, 0) is 11.6 Å². The van der Waals surface area contributed by atoms with Crippen molar-refractivity contribution in [3.63, 3.8) is 0 Å². The molecule has 7 heteroatoms. The highest BCUT2D eigenvalue weighted by molar-refractivity contribution is 6.28. The molecule has 2 aliphatic heterocycles. The molecule has 2 aliphatic rings. The van der Waals surface area contributed by atoms with Crippen LogP contribution in [0.2, 0.25) is 5.28 Å². The number of hydrogen-bond donors (Lipinski definition) is 1. The van der Waals surface area contributed by atoms with Crippen molar-refractivity contribution in [2.45, 2.75) is 0 Å². The Hall–Kier alpha value is -1.40. The Morgan fingerprint density at radius 3 is 2.83 bits per heavy atom. The summed E-state index contributed by atoms with van der Waals surface area (Å²) in [7, 11) is 0. The molecule has 0 aliphatic carbocycles. The van der Waals surface area contributed by atoms with E-state index in [-0.39, 0.29) is 5.28 Å². The van der Waals surface area contributed by atoms with Crippen LogP contribution in [-0.2, 0) is 4.74 Å². The molecule has 2 aromatic heterocycles. The van der Waals surface area contributed by atoms with Crippen LogP contribution in [0.15, 0.2) is 6.20 Å². The van der Waals surface area contributed by atoms with Gasteiger partial charge in [0.2, 0.25) is 5.28 Å². The Morgan fingerprint density at radius 2 is 2.06 bits per heavy atom. The molecule has 0 saturated carbocycles. The first-order valence-corrected chi connectivity index (χ1v) is 6.38. The average molecular weight is 266 g/mol. The van der Waals surface area contributed by atoms with Crippen molar-refractivity contribution in [3.05, 3.63) is 11.5 Å². The number of rotatable bonds is 1. The van der Waals surface area contributed by atoms with Gasteiger partial charge in [0.1, 0.15) is 5.82 Å². The van der Waals surface area contributed by atoms with Crippen LogP contribution in [0.5, 0.6) is 0 Å². The molecular weight excluding hydrogens is 254 g/mol. The summed E-state index contributed by atoms with van der Waals surface area (Å²) >= 11 is 5.96. The molecule has 1 N–H and O–H groups in total. The van der Waals surface area contributed by atoms with E-state index in [0.29, 0.717) is 17.5 Å². The van der Waals surface area contributed by atoms with Gasteiger partial charge in [-0.1, -0.05) is 0 Å². The number of H-pyrrole nitrogens is 1. The van der Waals surface area contributed by atoms with Crippen molar-refractivity contribution in [2.75, 3.05) is 31.2 Å². The highest BCUT2D eigenvalue weighted by atomic mass is 35.5. The second-order valence-corrected chi connectivity index (χ2v) is 5.25.